The molecule has 1 heterocycles. The zero-order chi connectivity index (χ0) is 13.4. The Morgan fingerprint density at radius 1 is 1.17 bits per heavy atom. The van der Waals surface area contributed by atoms with Crippen molar-refractivity contribution in [2.45, 2.75) is 52.4 Å². The molecule has 2 rings (SSSR count). The minimum Gasteiger partial charge on any atom is -0.481 e. The largest absolute Gasteiger partial charge is 0.481 e. The van der Waals surface area contributed by atoms with Gasteiger partial charge in [0.1, 0.15) is 0 Å². The van der Waals surface area contributed by atoms with Crippen LogP contribution in [0, 0.1) is 10.8 Å². The quantitative estimate of drug-likeness (QED) is 0.839. The zero-order valence-corrected chi connectivity index (χ0v) is 11.4. The molecule has 1 amide bonds. The first-order valence-electron chi connectivity index (χ1n) is 6.86. The minimum absolute atomic E-state index is 0.0323. The highest BCUT2D eigenvalue weighted by Crippen LogP contribution is 2.42. The summed E-state index contributed by atoms with van der Waals surface area (Å²) < 4.78 is 0. The summed E-state index contributed by atoms with van der Waals surface area (Å²) in [6.07, 6.45) is 4.39. The van der Waals surface area contributed by atoms with Gasteiger partial charge in [0, 0.05) is 19.5 Å². The Hall–Kier alpha value is -1.06. The lowest BCUT2D eigenvalue weighted by molar-refractivity contribution is -0.153. The Kier molecular flexibility index (Phi) is 3.39. The first kappa shape index (κ1) is 13.4. The maximum Gasteiger partial charge on any atom is 0.310 e. The monoisotopic (exact) mass is 253 g/mol. The Labute approximate surface area is 108 Å². The van der Waals surface area contributed by atoms with Crippen molar-refractivity contribution in [2.24, 2.45) is 10.8 Å². The van der Waals surface area contributed by atoms with Gasteiger partial charge < -0.3 is 10.0 Å². The zero-order valence-electron chi connectivity index (χ0n) is 11.4. The molecule has 0 unspecified atom stereocenters. The van der Waals surface area contributed by atoms with E-state index < -0.39 is 11.4 Å². The first-order chi connectivity index (χ1) is 8.35. The van der Waals surface area contributed by atoms with Gasteiger partial charge in [0.05, 0.1) is 5.41 Å². The normalized spacial score (nSPS) is 25.3. The van der Waals surface area contributed by atoms with E-state index in [1.807, 2.05) is 4.90 Å². The van der Waals surface area contributed by atoms with Crippen LogP contribution in [-0.2, 0) is 9.59 Å². The van der Waals surface area contributed by atoms with Crippen molar-refractivity contribution in [1.82, 2.24) is 4.90 Å². The Morgan fingerprint density at radius 3 is 2.22 bits per heavy atom. The standard InChI is InChI=1S/C14H23NO3/c1-13(2)7-8-15(10-13)11(16)9-14(12(17)18)5-3-4-6-14/h3-10H2,1-2H3,(H,17,18). The van der Waals surface area contributed by atoms with Crippen LogP contribution in [0.3, 0.4) is 0 Å². The van der Waals surface area contributed by atoms with E-state index in [0.717, 1.165) is 32.4 Å². The number of aliphatic carboxylic acids is 1. The summed E-state index contributed by atoms with van der Waals surface area (Å²) in [4.78, 5) is 25.5. The number of carbonyl (C=O) groups excluding carboxylic acids is 1. The maximum atomic E-state index is 12.3. The molecular formula is C14H23NO3. The van der Waals surface area contributed by atoms with Crippen LogP contribution in [0.2, 0.25) is 0 Å². The van der Waals surface area contributed by atoms with E-state index in [4.69, 9.17) is 0 Å². The minimum atomic E-state index is -0.785. The fraction of sp³-hybridized carbons (Fsp3) is 0.857. The molecule has 0 atom stereocenters. The van der Waals surface area contributed by atoms with Crippen molar-refractivity contribution in [1.29, 1.82) is 0 Å². The average molecular weight is 253 g/mol. The summed E-state index contributed by atoms with van der Waals surface area (Å²) in [6, 6.07) is 0. The number of rotatable bonds is 3. The Bertz CT molecular complexity index is 356. The third-order valence-corrected chi connectivity index (χ3v) is 4.53. The van der Waals surface area contributed by atoms with Crippen molar-refractivity contribution < 1.29 is 14.7 Å². The van der Waals surface area contributed by atoms with Crippen LogP contribution in [0.5, 0.6) is 0 Å². The number of carboxylic acids is 1. The number of carbonyl (C=O) groups is 2. The van der Waals surface area contributed by atoms with Gasteiger partial charge in [0.15, 0.2) is 0 Å². The highest BCUT2D eigenvalue weighted by molar-refractivity contribution is 5.85. The molecule has 0 aromatic rings. The van der Waals surface area contributed by atoms with Crippen molar-refractivity contribution in [3.05, 3.63) is 0 Å². The van der Waals surface area contributed by atoms with Crippen molar-refractivity contribution in [3.63, 3.8) is 0 Å². The molecule has 18 heavy (non-hydrogen) atoms. The van der Waals surface area contributed by atoms with Gasteiger partial charge in [-0.2, -0.15) is 0 Å². The highest BCUT2D eigenvalue weighted by Gasteiger charge is 2.44. The van der Waals surface area contributed by atoms with Gasteiger partial charge in [-0.05, 0) is 24.7 Å². The van der Waals surface area contributed by atoms with Crippen LogP contribution in [0.25, 0.3) is 0 Å². The van der Waals surface area contributed by atoms with E-state index in [1.54, 1.807) is 0 Å². The van der Waals surface area contributed by atoms with E-state index in [2.05, 4.69) is 13.8 Å². The molecule has 0 bridgehead atoms. The molecular weight excluding hydrogens is 230 g/mol. The number of carboxylic acid groups (broad SMARTS) is 1. The number of hydrogen-bond acceptors (Lipinski definition) is 2. The van der Waals surface area contributed by atoms with Gasteiger partial charge in [-0.3, -0.25) is 9.59 Å². The molecule has 4 heteroatoms. The van der Waals surface area contributed by atoms with E-state index in [0.29, 0.717) is 12.8 Å². The lowest BCUT2D eigenvalue weighted by Crippen LogP contribution is -2.38. The fourth-order valence-corrected chi connectivity index (χ4v) is 3.24. The highest BCUT2D eigenvalue weighted by atomic mass is 16.4. The van der Waals surface area contributed by atoms with Crippen molar-refractivity contribution in [2.75, 3.05) is 13.1 Å². The van der Waals surface area contributed by atoms with E-state index in [1.165, 1.54) is 0 Å². The topological polar surface area (TPSA) is 57.6 Å². The Balaban J connectivity index is 2.00. The van der Waals surface area contributed by atoms with Gasteiger partial charge in [-0.25, -0.2) is 0 Å². The van der Waals surface area contributed by atoms with Crippen LogP contribution in [0.15, 0.2) is 0 Å². The molecule has 1 N–H and O–H groups in total. The molecule has 1 saturated heterocycles. The third kappa shape index (κ3) is 2.52. The van der Waals surface area contributed by atoms with Crippen LogP contribution in [-0.4, -0.2) is 35.0 Å². The molecule has 0 radical (unpaired) electrons. The second-order valence-corrected chi connectivity index (χ2v) is 6.70. The summed E-state index contributed by atoms with van der Waals surface area (Å²) in [5.74, 6) is -0.753. The molecule has 0 spiro atoms. The molecule has 1 aliphatic carbocycles. The number of hydrogen-bond donors (Lipinski definition) is 1. The van der Waals surface area contributed by atoms with E-state index in [9.17, 15) is 14.7 Å². The van der Waals surface area contributed by atoms with Crippen LogP contribution >= 0.6 is 0 Å². The summed E-state index contributed by atoms with van der Waals surface area (Å²) in [7, 11) is 0. The van der Waals surface area contributed by atoms with E-state index in [-0.39, 0.29) is 17.7 Å². The molecule has 0 aromatic carbocycles. The van der Waals surface area contributed by atoms with Gasteiger partial charge in [0.25, 0.3) is 0 Å². The molecule has 1 aliphatic heterocycles. The maximum absolute atomic E-state index is 12.3. The number of nitrogens with zero attached hydrogens (tertiary/aromatic N) is 1. The summed E-state index contributed by atoms with van der Waals surface area (Å²) in [5, 5.41) is 9.39. The molecule has 102 valence electrons. The molecule has 2 aliphatic rings. The fourth-order valence-electron chi connectivity index (χ4n) is 3.24. The third-order valence-electron chi connectivity index (χ3n) is 4.53. The SMILES string of the molecule is CC1(C)CCN(C(=O)CC2(C(=O)O)CCCC2)C1. The average Bonchev–Trinajstić information content (AvgIpc) is 2.85. The van der Waals surface area contributed by atoms with Crippen LogP contribution < -0.4 is 0 Å². The van der Waals surface area contributed by atoms with Gasteiger partial charge in [-0.1, -0.05) is 26.7 Å². The van der Waals surface area contributed by atoms with Crippen LogP contribution in [0.4, 0.5) is 0 Å². The summed E-state index contributed by atoms with van der Waals surface area (Å²) >= 11 is 0. The molecule has 1 saturated carbocycles. The predicted octanol–water partition coefficient (Wildman–Crippen LogP) is 2.28. The lowest BCUT2D eigenvalue weighted by Gasteiger charge is -2.27. The summed E-state index contributed by atoms with van der Waals surface area (Å²) in [6.45, 7) is 5.86. The number of likely N-dealkylation sites (tertiary alicyclic amines) is 1. The van der Waals surface area contributed by atoms with Gasteiger partial charge in [0.2, 0.25) is 5.91 Å². The van der Waals surface area contributed by atoms with Crippen molar-refractivity contribution in [3.8, 4) is 0 Å². The second kappa shape index (κ2) is 4.56. The predicted molar refractivity (Wildman–Crippen MR) is 68.1 cm³/mol. The Morgan fingerprint density at radius 2 is 1.78 bits per heavy atom. The number of amides is 1. The molecule has 4 nitrogen and oxygen atoms in total. The lowest BCUT2D eigenvalue weighted by atomic mass is 9.82. The second-order valence-electron chi connectivity index (χ2n) is 6.70. The first-order valence-corrected chi connectivity index (χ1v) is 6.86. The van der Waals surface area contributed by atoms with E-state index >= 15 is 0 Å². The smallest absolute Gasteiger partial charge is 0.310 e. The molecule has 0 aromatic heterocycles. The van der Waals surface area contributed by atoms with Gasteiger partial charge >= 0.3 is 5.97 Å². The van der Waals surface area contributed by atoms with Crippen molar-refractivity contribution >= 4 is 11.9 Å². The van der Waals surface area contributed by atoms with Gasteiger partial charge in [-0.15, -0.1) is 0 Å². The molecule has 2 fully saturated rings. The van der Waals surface area contributed by atoms with Crippen LogP contribution in [0.1, 0.15) is 52.4 Å². The summed E-state index contributed by atoms with van der Waals surface area (Å²) in [5.41, 5.74) is -0.592.